The largest absolute Gasteiger partial charge is 0.455 e. The van der Waals surface area contributed by atoms with Gasteiger partial charge >= 0.3 is 11.9 Å². The molecule has 0 spiro atoms. The van der Waals surface area contributed by atoms with E-state index in [1.165, 1.54) is 13.8 Å². The van der Waals surface area contributed by atoms with Crippen molar-refractivity contribution in [3.63, 3.8) is 0 Å². The molecule has 0 atom stereocenters. The van der Waals surface area contributed by atoms with Crippen LogP contribution in [0.4, 0.5) is 0 Å². The second kappa shape index (κ2) is 8.42. The molecule has 0 radical (unpaired) electrons. The van der Waals surface area contributed by atoms with E-state index in [9.17, 15) is 9.59 Å². The summed E-state index contributed by atoms with van der Waals surface area (Å²) in [6.07, 6.45) is 4.01. The number of carbonyl (C=O) groups is 2. The summed E-state index contributed by atoms with van der Waals surface area (Å²) in [6, 6.07) is 15.9. The Morgan fingerprint density at radius 2 is 1.14 bits per heavy atom. The molecule has 0 amide bonds. The van der Waals surface area contributed by atoms with E-state index < -0.39 is 11.2 Å². The molecule has 0 fully saturated rings. The molecule has 2 aromatic rings. The highest BCUT2D eigenvalue weighted by atomic mass is 16.6. The summed E-state index contributed by atoms with van der Waals surface area (Å²) >= 11 is 0. The third-order valence-corrected chi connectivity index (χ3v) is 4.41. The van der Waals surface area contributed by atoms with Gasteiger partial charge in [0, 0.05) is 13.8 Å². The van der Waals surface area contributed by atoms with E-state index in [4.69, 9.17) is 9.47 Å². The van der Waals surface area contributed by atoms with E-state index in [1.54, 1.807) is 0 Å². The SMILES string of the molecule is CC(=O)OC(C)(C)c1cc(/C=C/c2ccccc2)cc(C(C)(C)OC(C)=O)c1. The van der Waals surface area contributed by atoms with E-state index in [-0.39, 0.29) is 11.9 Å². The zero-order valence-electron chi connectivity index (χ0n) is 17.4. The molecule has 0 aromatic heterocycles. The molecule has 4 nitrogen and oxygen atoms in total. The predicted octanol–water partition coefficient (Wildman–Crippen LogP) is 5.45. The standard InChI is InChI=1S/C24H28O4/c1-17(25)27-23(3,4)21-14-20(13-12-19-10-8-7-9-11-19)15-22(16-21)24(5,6)28-18(2)26/h7-16H,1-6H3/b13-12+. The van der Waals surface area contributed by atoms with Gasteiger partial charge in [-0.3, -0.25) is 9.59 Å². The minimum atomic E-state index is -0.816. The highest BCUT2D eigenvalue weighted by Crippen LogP contribution is 2.33. The second-order valence-corrected chi connectivity index (χ2v) is 7.80. The predicted molar refractivity (Wildman–Crippen MR) is 111 cm³/mol. The minimum absolute atomic E-state index is 0.351. The number of rotatable bonds is 6. The molecule has 0 N–H and O–H groups in total. The van der Waals surface area contributed by atoms with E-state index in [0.29, 0.717) is 0 Å². The molecule has 0 aliphatic carbocycles. The van der Waals surface area contributed by atoms with Gasteiger partial charge in [-0.2, -0.15) is 0 Å². The molecular formula is C24H28O4. The van der Waals surface area contributed by atoms with Crippen LogP contribution in [0.3, 0.4) is 0 Å². The molecule has 0 unspecified atom stereocenters. The molecule has 0 bridgehead atoms. The van der Waals surface area contributed by atoms with Crippen LogP contribution in [0.1, 0.15) is 63.8 Å². The Kier molecular flexibility index (Phi) is 6.45. The van der Waals surface area contributed by atoms with Crippen LogP contribution in [-0.2, 0) is 30.3 Å². The van der Waals surface area contributed by atoms with Gasteiger partial charge in [-0.15, -0.1) is 0 Å². The summed E-state index contributed by atoms with van der Waals surface area (Å²) in [5.74, 6) is -0.702. The monoisotopic (exact) mass is 380 g/mol. The lowest BCUT2D eigenvalue weighted by Crippen LogP contribution is -2.28. The fraction of sp³-hybridized carbons (Fsp3) is 0.333. The molecule has 0 saturated heterocycles. The molecule has 0 saturated carbocycles. The van der Waals surface area contributed by atoms with Crippen LogP contribution in [0.25, 0.3) is 12.2 Å². The maximum atomic E-state index is 11.6. The van der Waals surface area contributed by atoms with Crippen LogP contribution in [0.2, 0.25) is 0 Å². The third-order valence-electron chi connectivity index (χ3n) is 4.41. The van der Waals surface area contributed by atoms with E-state index in [1.807, 2.05) is 88.4 Å². The van der Waals surface area contributed by atoms with Crippen molar-refractivity contribution < 1.29 is 19.1 Å². The van der Waals surface area contributed by atoms with Gasteiger partial charge in [-0.25, -0.2) is 0 Å². The van der Waals surface area contributed by atoms with Crippen molar-refractivity contribution in [2.45, 2.75) is 52.7 Å². The molecule has 2 aromatic carbocycles. The Labute approximate surface area is 167 Å². The van der Waals surface area contributed by atoms with Gasteiger partial charge in [-0.1, -0.05) is 42.5 Å². The normalized spacial score (nSPS) is 12.1. The fourth-order valence-corrected chi connectivity index (χ4v) is 3.04. The molecular weight excluding hydrogens is 352 g/mol. The summed E-state index contributed by atoms with van der Waals surface area (Å²) < 4.78 is 11.0. The molecule has 0 aliphatic heterocycles. The zero-order valence-corrected chi connectivity index (χ0v) is 17.4. The average Bonchev–Trinajstić information content (AvgIpc) is 2.58. The molecule has 4 heteroatoms. The Morgan fingerprint density at radius 3 is 1.57 bits per heavy atom. The van der Waals surface area contributed by atoms with Crippen molar-refractivity contribution >= 4 is 24.1 Å². The van der Waals surface area contributed by atoms with Crippen LogP contribution >= 0.6 is 0 Å². The number of hydrogen-bond acceptors (Lipinski definition) is 4. The van der Waals surface area contributed by atoms with Crippen molar-refractivity contribution in [2.75, 3.05) is 0 Å². The smallest absolute Gasteiger partial charge is 0.303 e. The summed E-state index contributed by atoms with van der Waals surface area (Å²) in [5.41, 5.74) is 2.03. The lowest BCUT2D eigenvalue weighted by atomic mass is 9.88. The Hall–Kier alpha value is -2.88. The number of hydrogen-bond donors (Lipinski definition) is 0. The summed E-state index contributed by atoms with van der Waals surface area (Å²) in [5, 5.41) is 0. The third kappa shape index (κ3) is 5.81. The number of carbonyl (C=O) groups excluding carboxylic acids is 2. The van der Waals surface area contributed by atoms with E-state index in [2.05, 4.69) is 0 Å². The molecule has 2 rings (SSSR count). The summed E-state index contributed by atoms with van der Waals surface area (Å²) in [6.45, 7) is 10.2. The van der Waals surface area contributed by atoms with Gasteiger partial charge in [0.15, 0.2) is 0 Å². The Bertz CT molecular complexity index is 830. The average molecular weight is 380 g/mol. The summed E-state index contributed by atoms with van der Waals surface area (Å²) in [4.78, 5) is 23.1. The molecule has 0 heterocycles. The fourth-order valence-electron chi connectivity index (χ4n) is 3.04. The first-order chi connectivity index (χ1) is 13.0. The van der Waals surface area contributed by atoms with Crippen molar-refractivity contribution in [1.82, 2.24) is 0 Å². The molecule has 0 aliphatic rings. The van der Waals surface area contributed by atoms with Gasteiger partial charge in [-0.05, 0) is 68.1 Å². The first kappa shape index (κ1) is 21.4. The van der Waals surface area contributed by atoms with Crippen LogP contribution < -0.4 is 0 Å². The molecule has 148 valence electrons. The Morgan fingerprint density at radius 1 is 0.714 bits per heavy atom. The quantitative estimate of drug-likeness (QED) is 0.494. The number of ether oxygens (including phenoxy) is 2. The highest BCUT2D eigenvalue weighted by molar-refractivity contribution is 5.71. The van der Waals surface area contributed by atoms with Crippen LogP contribution in [0.5, 0.6) is 0 Å². The maximum absolute atomic E-state index is 11.6. The van der Waals surface area contributed by atoms with Gasteiger partial charge in [0.2, 0.25) is 0 Å². The lowest BCUT2D eigenvalue weighted by Gasteiger charge is -2.30. The first-order valence-electron chi connectivity index (χ1n) is 9.28. The van der Waals surface area contributed by atoms with Gasteiger partial charge in [0.05, 0.1) is 0 Å². The van der Waals surface area contributed by atoms with Crippen molar-refractivity contribution in [2.24, 2.45) is 0 Å². The van der Waals surface area contributed by atoms with Crippen LogP contribution in [0.15, 0.2) is 48.5 Å². The van der Waals surface area contributed by atoms with E-state index in [0.717, 1.165) is 22.3 Å². The lowest BCUT2D eigenvalue weighted by molar-refractivity contribution is -0.155. The van der Waals surface area contributed by atoms with Crippen molar-refractivity contribution in [3.05, 3.63) is 70.8 Å². The number of esters is 2. The highest BCUT2D eigenvalue weighted by Gasteiger charge is 2.29. The van der Waals surface area contributed by atoms with Crippen LogP contribution in [0, 0.1) is 0 Å². The Balaban J connectivity index is 2.53. The van der Waals surface area contributed by atoms with Gasteiger partial charge in [0.1, 0.15) is 11.2 Å². The maximum Gasteiger partial charge on any atom is 0.303 e. The van der Waals surface area contributed by atoms with Crippen LogP contribution in [-0.4, -0.2) is 11.9 Å². The topological polar surface area (TPSA) is 52.6 Å². The number of benzene rings is 2. The van der Waals surface area contributed by atoms with E-state index >= 15 is 0 Å². The minimum Gasteiger partial charge on any atom is -0.455 e. The molecule has 28 heavy (non-hydrogen) atoms. The second-order valence-electron chi connectivity index (χ2n) is 7.80. The summed E-state index contributed by atoms with van der Waals surface area (Å²) in [7, 11) is 0. The van der Waals surface area contributed by atoms with Crippen molar-refractivity contribution in [1.29, 1.82) is 0 Å². The van der Waals surface area contributed by atoms with Gasteiger partial charge < -0.3 is 9.47 Å². The van der Waals surface area contributed by atoms with Gasteiger partial charge in [0.25, 0.3) is 0 Å². The zero-order chi connectivity index (χ0) is 20.9. The van der Waals surface area contributed by atoms with Crippen molar-refractivity contribution in [3.8, 4) is 0 Å². The first-order valence-corrected chi connectivity index (χ1v) is 9.28.